The third-order valence-electron chi connectivity index (χ3n) is 7.27. The summed E-state index contributed by atoms with van der Waals surface area (Å²) in [5, 5.41) is 22.7. The van der Waals surface area contributed by atoms with Crippen LogP contribution < -0.4 is 5.32 Å². The molecule has 36 heavy (non-hydrogen) atoms. The number of aliphatic hydroxyl groups is 2. The van der Waals surface area contributed by atoms with E-state index in [4.69, 9.17) is 0 Å². The van der Waals surface area contributed by atoms with Crippen LogP contribution in [0.5, 0.6) is 0 Å². The van der Waals surface area contributed by atoms with Crippen LogP contribution in [0, 0.1) is 0 Å². The van der Waals surface area contributed by atoms with Crippen molar-refractivity contribution in [2.75, 3.05) is 6.61 Å². The smallest absolute Gasteiger partial charge is 0.220 e. The summed E-state index contributed by atoms with van der Waals surface area (Å²) in [6.07, 6.45) is 32.8. The molecule has 4 heteroatoms. The first-order chi connectivity index (χ1) is 17.7. The molecular weight excluding hydrogens is 446 g/mol. The van der Waals surface area contributed by atoms with E-state index in [1.165, 1.54) is 122 Å². The first-order valence-electron chi connectivity index (χ1n) is 15.9. The van der Waals surface area contributed by atoms with E-state index in [0.717, 1.165) is 25.7 Å². The summed E-state index contributed by atoms with van der Waals surface area (Å²) in [6.45, 7) is 4.28. The van der Waals surface area contributed by atoms with Gasteiger partial charge in [0.15, 0.2) is 0 Å². The second-order valence-corrected chi connectivity index (χ2v) is 10.9. The molecule has 3 N–H and O–H groups in total. The van der Waals surface area contributed by atoms with E-state index in [9.17, 15) is 15.0 Å². The number of allylic oxidation sites excluding steroid dienone is 1. The van der Waals surface area contributed by atoms with Crippen LogP contribution in [-0.4, -0.2) is 34.9 Å². The molecule has 0 aromatic carbocycles. The fourth-order valence-electron chi connectivity index (χ4n) is 4.76. The lowest BCUT2D eigenvalue weighted by molar-refractivity contribution is -0.123. The molecule has 4 nitrogen and oxygen atoms in total. The molecule has 0 heterocycles. The molecule has 0 radical (unpaired) electrons. The Morgan fingerprint density at radius 3 is 1.44 bits per heavy atom. The summed E-state index contributed by atoms with van der Waals surface area (Å²) in [4.78, 5) is 12.2. The molecule has 0 aromatic heterocycles. The number of hydrogen-bond donors (Lipinski definition) is 3. The lowest BCUT2D eigenvalue weighted by atomic mass is 10.0. The molecule has 0 aliphatic rings. The van der Waals surface area contributed by atoms with Crippen molar-refractivity contribution in [3.8, 4) is 0 Å². The number of amides is 1. The normalized spacial score (nSPS) is 13.3. The molecule has 0 unspecified atom stereocenters. The van der Waals surface area contributed by atoms with Crippen LogP contribution in [0.3, 0.4) is 0 Å². The average molecular weight is 510 g/mol. The van der Waals surface area contributed by atoms with Crippen LogP contribution in [0.15, 0.2) is 12.2 Å². The third-order valence-corrected chi connectivity index (χ3v) is 7.27. The van der Waals surface area contributed by atoms with E-state index in [-0.39, 0.29) is 12.5 Å². The van der Waals surface area contributed by atoms with E-state index in [1.807, 2.05) is 6.08 Å². The lowest BCUT2D eigenvalue weighted by Gasteiger charge is -2.20. The minimum Gasteiger partial charge on any atom is -0.394 e. The molecule has 0 aliphatic heterocycles. The number of unbranched alkanes of at least 4 members (excludes halogenated alkanes) is 21. The van der Waals surface area contributed by atoms with Gasteiger partial charge in [0, 0.05) is 6.42 Å². The quantitative estimate of drug-likeness (QED) is 0.0729. The van der Waals surface area contributed by atoms with Gasteiger partial charge in [-0.3, -0.25) is 4.79 Å². The number of carbonyl (C=O) groups excluding carboxylic acids is 1. The van der Waals surface area contributed by atoms with Gasteiger partial charge in [0.1, 0.15) is 0 Å². The molecule has 0 saturated heterocycles. The third kappa shape index (κ3) is 24.8. The van der Waals surface area contributed by atoms with Gasteiger partial charge in [-0.2, -0.15) is 0 Å². The number of carbonyl (C=O) groups is 1. The van der Waals surface area contributed by atoms with Crippen LogP contribution in [0.2, 0.25) is 0 Å². The Balaban J connectivity index is 3.65. The highest BCUT2D eigenvalue weighted by atomic mass is 16.3. The van der Waals surface area contributed by atoms with Gasteiger partial charge >= 0.3 is 0 Å². The van der Waals surface area contributed by atoms with Gasteiger partial charge < -0.3 is 15.5 Å². The van der Waals surface area contributed by atoms with E-state index in [2.05, 4.69) is 19.2 Å². The second-order valence-electron chi connectivity index (χ2n) is 10.9. The Morgan fingerprint density at radius 1 is 0.639 bits per heavy atom. The van der Waals surface area contributed by atoms with Crippen molar-refractivity contribution in [3.05, 3.63) is 12.2 Å². The van der Waals surface area contributed by atoms with Gasteiger partial charge in [0.05, 0.1) is 18.8 Å². The molecule has 214 valence electrons. The van der Waals surface area contributed by atoms with Crippen LogP contribution in [-0.2, 0) is 4.79 Å². The fourth-order valence-corrected chi connectivity index (χ4v) is 4.76. The summed E-state index contributed by atoms with van der Waals surface area (Å²) >= 11 is 0. The molecule has 0 bridgehead atoms. The van der Waals surface area contributed by atoms with Gasteiger partial charge in [-0.15, -0.1) is 0 Å². The summed E-state index contributed by atoms with van der Waals surface area (Å²) in [6, 6.07) is -0.612. The minimum atomic E-state index is -0.829. The average Bonchev–Trinajstić information content (AvgIpc) is 2.88. The summed E-state index contributed by atoms with van der Waals surface area (Å²) in [7, 11) is 0. The van der Waals surface area contributed by atoms with E-state index >= 15 is 0 Å². The zero-order valence-corrected chi connectivity index (χ0v) is 24.3. The van der Waals surface area contributed by atoms with Crippen LogP contribution in [0.4, 0.5) is 0 Å². The first kappa shape index (κ1) is 35.1. The number of nitrogens with one attached hydrogen (secondary N) is 1. The number of aliphatic hydroxyl groups excluding tert-OH is 2. The minimum absolute atomic E-state index is 0.0662. The molecule has 2 atom stereocenters. The topological polar surface area (TPSA) is 69.6 Å². The van der Waals surface area contributed by atoms with Crippen molar-refractivity contribution < 1.29 is 15.0 Å². The molecule has 0 fully saturated rings. The maximum atomic E-state index is 12.2. The van der Waals surface area contributed by atoms with Gasteiger partial charge in [-0.05, 0) is 19.3 Å². The highest BCUT2D eigenvalue weighted by molar-refractivity contribution is 5.76. The molecule has 0 rings (SSSR count). The summed E-state index contributed by atoms with van der Waals surface area (Å²) in [5.41, 5.74) is 0. The molecular formula is C32H63NO3. The number of rotatable bonds is 28. The molecule has 0 spiro atoms. The van der Waals surface area contributed by atoms with E-state index in [0.29, 0.717) is 6.42 Å². The molecule has 1 amide bonds. The SMILES string of the molecule is CCCCCCCCCCCC=C[C@@H](O)[C@H](CO)NC(=O)CCCCCCCCCCCCCCC. The lowest BCUT2D eigenvalue weighted by Crippen LogP contribution is -2.45. The molecule has 0 aliphatic carbocycles. The van der Waals surface area contributed by atoms with Crippen molar-refractivity contribution in [1.29, 1.82) is 0 Å². The predicted octanol–water partition coefficient (Wildman–Crippen LogP) is 8.78. The highest BCUT2D eigenvalue weighted by Gasteiger charge is 2.17. The first-order valence-corrected chi connectivity index (χ1v) is 15.9. The van der Waals surface area contributed by atoms with Crippen molar-refractivity contribution in [2.24, 2.45) is 0 Å². The Labute approximate surface area is 225 Å². The number of hydrogen-bond acceptors (Lipinski definition) is 3. The summed E-state index contributed by atoms with van der Waals surface area (Å²) in [5.74, 6) is -0.0662. The van der Waals surface area contributed by atoms with Gasteiger partial charge in [0.2, 0.25) is 5.91 Å². The Hall–Kier alpha value is -0.870. The molecule has 0 aromatic rings. The molecule has 0 saturated carbocycles. The predicted molar refractivity (Wildman–Crippen MR) is 156 cm³/mol. The van der Waals surface area contributed by atoms with E-state index < -0.39 is 12.1 Å². The summed E-state index contributed by atoms with van der Waals surface area (Å²) < 4.78 is 0. The second kappa shape index (κ2) is 28.7. The van der Waals surface area contributed by atoms with Crippen molar-refractivity contribution in [1.82, 2.24) is 5.32 Å². The van der Waals surface area contributed by atoms with Crippen molar-refractivity contribution >= 4 is 5.91 Å². The van der Waals surface area contributed by atoms with E-state index in [1.54, 1.807) is 6.08 Å². The van der Waals surface area contributed by atoms with Crippen LogP contribution >= 0.6 is 0 Å². The van der Waals surface area contributed by atoms with Crippen molar-refractivity contribution in [3.63, 3.8) is 0 Å². The zero-order chi connectivity index (χ0) is 26.5. The van der Waals surface area contributed by atoms with Crippen LogP contribution in [0.1, 0.15) is 168 Å². The highest BCUT2D eigenvalue weighted by Crippen LogP contribution is 2.13. The largest absolute Gasteiger partial charge is 0.394 e. The standard InChI is InChI=1S/C32H63NO3/c1-3-5-7-9-11-13-15-16-18-20-22-24-26-28-32(36)33-30(29-34)31(35)27-25-23-21-19-17-14-12-10-8-6-4-2/h25,27,30-31,34-35H,3-24,26,28-29H2,1-2H3,(H,33,36)/t30-,31+/m0/s1. The Bertz CT molecular complexity index is 480. The monoisotopic (exact) mass is 509 g/mol. The Kier molecular flexibility index (Phi) is 28.0. The van der Waals surface area contributed by atoms with Crippen molar-refractivity contribution in [2.45, 2.75) is 180 Å². The Morgan fingerprint density at radius 2 is 1.03 bits per heavy atom. The fraction of sp³-hybridized carbons (Fsp3) is 0.906. The maximum Gasteiger partial charge on any atom is 0.220 e. The van der Waals surface area contributed by atoms with Gasteiger partial charge in [0.25, 0.3) is 0 Å². The van der Waals surface area contributed by atoms with Gasteiger partial charge in [-0.1, -0.05) is 154 Å². The van der Waals surface area contributed by atoms with Crippen LogP contribution in [0.25, 0.3) is 0 Å². The maximum absolute atomic E-state index is 12.2. The van der Waals surface area contributed by atoms with Gasteiger partial charge in [-0.25, -0.2) is 0 Å². The zero-order valence-electron chi connectivity index (χ0n) is 24.3.